The molecule has 0 amide bonds. The van der Waals surface area contributed by atoms with E-state index in [9.17, 15) is 15.3 Å². The third-order valence-electron chi connectivity index (χ3n) is 2.13. The van der Waals surface area contributed by atoms with Gasteiger partial charge in [0.05, 0.1) is 12.7 Å². The van der Waals surface area contributed by atoms with Crippen molar-refractivity contribution in [3.63, 3.8) is 0 Å². The summed E-state index contributed by atoms with van der Waals surface area (Å²) in [7, 11) is 0. The number of ether oxygens (including phenoxy) is 1. The quantitative estimate of drug-likeness (QED) is 0.367. The Hall–Kier alpha value is -0.200. The molecule has 1 heterocycles. The molecule has 0 saturated carbocycles. The third kappa shape index (κ3) is 1.60. The zero-order valence-corrected chi connectivity index (χ0v) is 6.79. The van der Waals surface area contributed by atoms with Crippen molar-refractivity contribution in [2.75, 3.05) is 6.61 Å². The molecule has 0 aromatic rings. The molecule has 5 nitrogen and oxygen atoms in total. The number of aliphatic hydroxyl groups excluding tert-OH is 4. The first kappa shape index (κ1) is 9.88. The maximum Gasteiger partial charge on any atom is 0.111 e. The molecule has 4 unspecified atom stereocenters. The lowest BCUT2D eigenvalue weighted by atomic mass is 9.96. The van der Waals surface area contributed by atoms with Crippen molar-refractivity contribution in [2.24, 2.45) is 0 Å². The van der Waals surface area contributed by atoms with E-state index in [0.717, 1.165) is 0 Å². The molecule has 0 spiro atoms. The van der Waals surface area contributed by atoms with E-state index < -0.39 is 30.5 Å². The average molecular weight is 178 g/mol. The van der Waals surface area contributed by atoms with Crippen LogP contribution in [0.4, 0.5) is 0 Å². The van der Waals surface area contributed by atoms with E-state index in [-0.39, 0.29) is 6.61 Å². The normalized spacial score (nSPS) is 49.2. The highest BCUT2D eigenvalue weighted by Gasteiger charge is 2.41. The van der Waals surface area contributed by atoms with Gasteiger partial charge in [-0.15, -0.1) is 0 Å². The standard InChI is InChI=1S/C7H14O5/c1-3-5(9)7(11)6(10)4(2-8)12-3/h3-11H,2H2,1H3/t3?,4?,5?,6-,7?/m0/s1. The van der Waals surface area contributed by atoms with Crippen LogP contribution >= 0.6 is 0 Å². The number of hydrogen-bond donors (Lipinski definition) is 4. The van der Waals surface area contributed by atoms with Crippen LogP contribution in [0.25, 0.3) is 0 Å². The first-order valence-electron chi connectivity index (χ1n) is 3.88. The molecule has 0 aromatic carbocycles. The van der Waals surface area contributed by atoms with Gasteiger partial charge in [-0.05, 0) is 6.92 Å². The molecule has 0 radical (unpaired) electrons. The monoisotopic (exact) mass is 178 g/mol. The van der Waals surface area contributed by atoms with Crippen LogP contribution < -0.4 is 0 Å². The van der Waals surface area contributed by atoms with Crippen molar-refractivity contribution in [2.45, 2.75) is 37.4 Å². The summed E-state index contributed by atoms with van der Waals surface area (Å²) in [5, 5.41) is 36.4. The van der Waals surface area contributed by atoms with Crippen LogP contribution in [-0.4, -0.2) is 57.6 Å². The van der Waals surface area contributed by atoms with Gasteiger partial charge in [-0.2, -0.15) is 0 Å². The Labute approximate surface area is 70.2 Å². The van der Waals surface area contributed by atoms with Gasteiger partial charge in [0.25, 0.3) is 0 Å². The highest BCUT2D eigenvalue weighted by Crippen LogP contribution is 2.20. The van der Waals surface area contributed by atoms with Crippen LogP contribution in [0.1, 0.15) is 6.92 Å². The van der Waals surface area contributed by atoms with E-state index in [1.54, 1.807) is 6.92 Å². The Morgan fingerprint density at radius 2 is 1.67 bits per heavy atom. The fraction of sp³-hybridized carbons (Fsp3) is 1.00. The molecule has 0 aromatic heterocycles. The smallest absolute Gasteiger partial charge is 0.111 e. The van der Waals surface area contributed by atoms with Gasteiger partial charge in [-0.25, -0.2) is 0 Å². The van der Waals surface area contributed by atoms with Crippen LogP contribution in [0, 0.1) is 0 Å². The van der Waals surface area contributed by atoms with Crippen LogP contribution in [0.5, 0.6) is 0 Å². The first-order valence-corrected chi connectivity index (χ1v) is 3.88. The van der Waals surface area contributed by atoms with E-state index in [0.29, 0.717) is 0 Å². The highest BCUT2D eigenvalue weighted by atomic mass is 16.5. The predicted molar refractivity (Wildman–Crippen MR) is 39.4 cm³/mol. The van der Waals surface area contributed by atoms with Gasteiger partial charge in [0.1, 0.15) is 24.4 Å². The largest absolute Gasteiger partial charge is 0.394 e. The second-order valence-corrected chi connectivity index (χ2v) is 3.03. The van der Waals surface area contributed by atoms with Gasteiger partial charge in [0.2, 0.25) is 0 Å². The van der Waals surface area contributed by atoms with Crippen molar-refractivity contribution in [3.05, 3.63) is 0 Å². The molecule has 0 bridgehead atoms. The molecule has 1 aliphatic rings. The molecule has 12 heavy (non-hydrogen) atoms. The summed E-state index contributed by atoms with van der Waals surface area (Å²) in [5.74, 6) is 0. The molecular formula is C7H14O5. The summed E-state index contributed by atoms with van der Waals surface area (Å²) in [4.78, 5) is 0. The Morgan fingerprint density at radius 1 is 1.08 bits per heavy atom. The van der Waals surface area contributed by atoms with Gasteiger partial charge < -0.3 is 25.2 Å². The lowest BCUT2D eigenvalue weighted by molar-refractivity contribution is -0.224. The molecule has 4 N–H and O–H groups in total. The molecule has 72 valence electrons. The molecule has 1 fully saturated rings. The van der Waals surface area contributed by atoms with E-state index in [1.807, 2.05) is 0 Å². The molecular weight excluding hydrogens is 164 g/mol. The lowest BCUT2D eigenvalue weighted by Gasteiger charge is -2.38. The van der Waals surface area contributed by atoms with Crippen LogP contribution in [-0.2, 0) is 4.74 Å². The second-order valence-electron chi connectivity index (χ2n) is 3.03. The summed E-state index contributed by atoms with van der Waals surface area (Å²) in [5.41, 5.74) is 0. The Balaban J connectivity index is 2.63. The first-order chi connectivity index (χ1) is 5.57. The minimum atomic E-state index is -1.24. The fourth-order valence-electron chi connectivity index (χ4n) is 1.29. The van der Waals surface area contributed by atoms with Gasteiger partial charge in [0, 0.05) is 0 Å². The number of hydrogen-bond acceptors (Lipinski definition) is 5. The Morgan fingerprint density at radius 3 is 2.17 bits per heavy atom. The van der Waals surface area contributed by atoms with Gasteiger partial charge >= 0.3 is 0 Å². The summed E-state index contributed by atoms with van der Waals surface area (Å²) in [6.07, 6.45) is -4.94. The highest BCUT2D eigenvalue weighted by molar-refractivity contribution is 4.89. The maximum absolute atomic E-state index is 9.23. The maximum atomic E-state index is 9.23. The molecule has 5 atom stereocenters. The van der Waals surface area contributed by atoms with Crippen molar-refractivity contribution in [1.82, 2.24) is 0 Å². The molecule has 0 aliphatic carbocycles. The minimum Gasteiger partial charge on any atom is -0.394 e. The van der Waals surface area contributed by atoms with Crippen LogP contribution in [0.15, 0.2) is 0 Å². The van der Waals surface area contributed by atoms with Crippen molar-refractivity contribution < 1.29 is 25.2 Å². The Bertz CT molecular complexity index is 146. The number of aliphatic hydroxyl groups is 4. The third-order valence-corrected chi connectivity index (χ3v) is 2.13. The zero-order chi connectivity index (χ0) is 9.30. The van der Waals surface area contributed by atoms with E-state index >= 15 is 0 Å². The predicted octanol–water partition coefficient (Wildman–Crippen LogP) is -2.15. The van der Waals surface area contributed by atoms with Crippen LogP contribution in [0.2, 0.25) is 0 Å². The minimum absolute atomic E-state index is 0.366. The number of rotatable bonds is 1. The van der Waals surface area contributed by atoms with Crippen molar-refractivity contribution >= 4 is 0 Å². The molecule has 1 aliphatic heterocycles. The SMILES string of the molecule is CC1OC(CO)[C@H](O)C(O)C1O. The second kappa shape index (κ2) is 3.68. The lowest BCUT2D eigenvalue weighted by Crippen LogP contribution is -2.57. The van der Waals surface area contributed by atoms with Crippen molar-refractivity contribution in [3.8, 4) is 0 Å². The molecule has 5 heteroatoms. The zero-order valence-electron chi connectivity index (χ0n) is 6.79. The average Bonchev–Trinajstić information content (AvgIpc) is 2.08. The molecule has 1 saturated heterocycles. The summed E-state index contributed by atoms with van der Waals surface area (Å²) < 4.78 is 5.02. The molecule has 1 rings (SSSR count). The van der Waals surface area contributed by atoms with E-state index in [4.69, 9.17) is 9.84 Å². The summed E-state index contributed by atoms with van der Waals surface area (Å²) >= 11 is 0. The summed E-state index contributed by atoms with van der Waals surface area (Å²) in [6.45, 7) is 1.21. The fourth-order valence-corrected chi connectivity index (χ4v) is 1.29. The van der Waals surface area contributed by atoms with Crippen molar-refractivity contribution in [1.29, 1.82) is 0 Å². The van der Waals surface area contributed by atoms with Crippen LogP contribution in [0.3, 0.4) is 0 Å². The van der Waals surface area contributed by atoms with Gasteiger partial charge in [0.15, 0.2) is 0 Å². The van der Waals surface area contributed by atoms with E-state index in [2.05, 4.69) is 0 Å². The topological polar surface area (TPSA) is 90.2 Å². The summed E-state index contributed by atoms with van der Waals surface area (Å²) in [6, 6.07) is 0. The van der Waals surface area contributed by atoms with E-state index in [1.165, 1.54) is 0 Å². The van der Waals surface area contributed by atoms with Gasteiger partial charge in [-0.3, -0.25) is 0 Å². The Kier molecular flexibility index (Phi) is 3.03. The van der Waals surface area contributed by atoms with Gasteiger partial charge in [-0.1, -0.05) is 0 Å².